The number of rotatable bonds is 8. The van der Waals surface area contributed by atoms with Gasteiger partial charge in [-0.1, -0.05) is 18.2 Å². The van der Waals surface area contributed by atoms with Crippen molar-refractivity contribution in [1.29, 1.82) is 0 Å². The van der Waals surface area contributed by atoms with Gasteiger partial charge in [0.05, 0.1) is 6.26 Å². The number of hydrogen-bond acceptors (Lipinski definition) is 4. The minimum absolute atomic E-state index is 0.123. The number of fused-ring (bicyclic) bond motifs is 1. The largest absolute Gasteiger partial charge is 0.464 e. The molecule has 0 fully saturated rings. The van der Waals surface area contributed by atoms with Crippen molar-refractivity contribution in [2.45, 2.75) is 25.3 Å². The van der Waals surface area contributed by atoms with Crippen molar-refractivity contribution in [3.05, 3.63) is 36.1 Å². The van der Waals surface area contributed by atoms with E-state index in [2.05, 4.69) is 11.4 Å². The second-order valence-corrected chi connectivity index (χ2v) is 4.71. The van der Waals surface area contributed by atoms with E-state index in [0.717, 1.165) is 42.3 Å². The maximum Gasteiger partial charge on any atom is 0.134 e. The van der Waals surface area contributed by atoms with Gasteiger partial charge < -0.3 is 20.6 Å². The second-order valence-electron chi connectivity index (χ2n) is 4.71. The molecule has 1 atom stereocenters. The van der Waals surface area contributed by atoms with E-state index in [1.807, 2.05) is 18.2 Å². The minimum Gasteiger partial charge on any atom is -0.464 e. The summed E-state index contributed by atoms with van der Waals surface area (Å²) in [6.07, 6.45) is 4.74. The Morgan fingerprint density at radius 1 is 1.21 bits per heavy atom. The molecule has 0 bridgehead atoms. The molecule has 0 radical (unpaired) electrons. The molecule has 0 aliphatic carbocycles. The summed E-state index contributed by atoms with van der Waals surface area (Å²) in [5.74, 6) is 0. The van der Waals surface area contributed by atoms with Crippen LogP contribution in [-0.2, 0) is 0 Å². The summed E-state index contributed by atoms with van der Waals surface area (Å²) in [6.45, 7) is 1.72. The number of unbranched alkanes of at least 4 members (excludes halogenated alkanes) is 2. The zero-order valence-electron chi connectivity index (χ0n) is 11.1. The average Bonchev–Trinajstić information content (AvgIpc) is 2.87. The lowest BCUT2D eigenvalue weighted by Gasteiger charge is -2.15. The zero-order valence-corrected chi connectivity index (χ0v) is 11.1. The van der Waals surface area contributed by atoms with E-state index in [-0.39, 0.29) is 12.6 Å². The standard InChI is InChI=1S/C15H22N2O2/c16-10-14(17-8-4-1-5-9-18)13-11-19-15-7-3-2-6-12(13)15/h2-3,6-7,11,14,17-18H,1,4-5,8-10,16H2. The van der Waals surface area contributed by atoms with E-state index in [9.17, 15) is 0 Å². The van der Waals surface area contributed by atoms with Gasteiger partial charge in [-0.05, 0) is 31.9 Å². The van der Waals surface area contributed by atoms with Crippen LogP contribution in [0.3, 0.4) is 0 Å². The third kappa shape index (κ3) is 3.56. The minimum atomic E-state index is 0.123. The number of aliphatic hydroxyl groups is 1. The molecule has 4 nitrogen and oxygen atoms in total. The first-order chi connectivity index (χ1) is 9.36. The molecule has 0 saturated carbocycles. The van der Waals surface area contributed by atoms with E-state index in [1.165, 1.54) is 0 Å². The molecule has 1 heterocycles. The molecule has 1 unspecified atom stereocenters. The fourth-order valence-corrected chi connectivity index (χ4v) is 2.28. The summed E-state index contributed by atoms with van der Waals surface area (Å²) >= 11 is 0. The molecule has 2 aromatic rings. The Kier molecular flexibility index (Phi) is 5.39. The summed E-state index contributed by atoms with van der Waals surface area (Å²) in [7, 11) is 0. The first-order valence-corrected chi connectivity index (χ1v) is 6.87. The Hall–Kier alpha value is -1.36. The molecule has 4 heteroatoms. The van der Waals surface area contributed by atoms with Crippen LogP contribution in [-0.4, -0.2) is 24.8 Å². The monoisotopic (exact) mass is 262 g/mol. The third-order valence-electron chi connectivity index (χ3n) is 3.35. The van der Waals surface area contributed by atoms with Gasteiger partial charge in [-0.25, -0.2) is 0 Å². The molecule has 1 aromatic carbocycles. The Morgan fingerprint density at radius 2 is 2.05 bits per heavy atom. The first kappa shape index (κ1) is 14.1. The first-order valence-electron chi connectivity index (χ1n) is 6.87. The van der Waals surface area contributed by atoms with Crippen molar-refractivity contribution in [3.63, 3.8) is 0 Å². The van der Waals surface area contributed by atoms with Crippen molar-refractivity contribution in [2.75, 3.05) is 19.7 Å². The van der Waals surface area contributed by atoms with Crippen LogP contribution >= 0.6 is 0 Å². The quantitative estimate of drug-likeness (QED) is 0.638. The van der Waals surface area contributed by atoms with Crippen LogP contribution in [0.2, 0.25) is 0 Å². The van der Waals surface area contributed by atoms with Gasteiger partial charge in [-0.3, -0.25) is 0 Å². The molecule has 0 amide bonds. The highest BCUT2D eigenvalue weighted by Crippen LogP contribution is 2.25. The number of benzene rings is 1. The third-order valence-corrected chi connectivity index (χ3v) is 3.35. The fraction of sp³-hybridized carbons (Fsp3) is 0.467. The Labute approximate surface area is 113 Å². The maximum absolute atomic E-state index is 8.74. The van der Waals surface area contributed by atoms with Gasteiger partial charge in [0.15, 0.2) is 0 Å². The van der Waals surface area contributed by atoms with Gasteiger partial charge in [0.1, 0.15) is 5.58 Å². The normalized spacial score (nSPS) is 12.9. The van der Waals surface area contributed by atoms with E-state index in [4.69, 9.17) is 15.3 Å². The lowest BCUT2D eigenvalue weighted by atomic mass is 10.1. The summed E-state index contributed by atoms with van der Waals surface area (Å²) in [6, 6.07) is 8.13. The molecule has 2 rings (SSSR count). The Balaban J connectivity index is 1.97. The zero-order chi connectivity index (χ0) is 13.5. The molecular formula is C15H22N2O2. The SMILES string of the molecule is NCC(NCCCCCO)c1coc2ccccc12. The molecule has 19 heavy (non-hydrogen) atoms. The number of aliphatic hydroxyl groups excluding tert-OH is 1. The molecule has 0 aliphatic rings. The van der Waals surface area contributed by atoms with Gasteiger partial charge >= 0.3 is 0 Å². The molecule has 4 N–H and O–H groups in total. The van der Waals surface area contributed by atoms with Crippen LogP contribution < -0.4 is 11.1 Å². The van der Waals surface area contributed by atoms with Crippen molar-refractivity contribution in [1.82, 2.24) is 5.32 Å². The predicted molar refractivity (Wildman–Crippen MR) is 76.9 cm³/mol. The molecule has 0 aliphatic heterocycles. The van der Waals surface area contributed by atoms with E-state index >= 15 is 0 Å². The lowest BCUT2D eigenvalue weighted by Crippen LogP contribution is -2.28. The topological polar surface area (TPSA) is 71.4 Å². The van der Waals surface area contributed by atoms with Crippen molar-refractivity contribution >= 4 is 11.0 Å². The highest BCUT2D eigenvalue weighted by molar-refractivity contribution is 5.81. The predicted octanol–water partition coefficient (Wildman–Crippen LogP) is 2.18. The van der Waals surface area contributed by atoms with Crippen LogP contribution in [0, 0.1) is 0 Å². The van der Waals surface area contributed by atoms with Crippen molar-refractivity contribution in [2.24, 2.45) is 5.73 Å². The average molecular weight is 262 g/mol. The number of para-hydroxylation sites is 1. The van der Waals surface area contributed by atoms with Crippen LogP contribution in [0.15, 0.2) is 34.9 Å². The van der Waals surface area contributed by atoms with Crippen molar-refractivity contribution < 1.29 is 9.52 Å². The van der Waals surface area contributed by atoms with Gasteiger partial charge in [-0.15, -0.1) is 0 Å². The fourth-order valence-electron chi connectivity index (χ4n) is 2.28. The lowest BCUT2D eigenvalue weighted by molar-refractivity contribution is 0.282. The number of hydrogen-bond donors (Lipinski definition) is 3. The second kappa shape index (κ2) is 7.28. The van der Waals surface area contributed by atoms with Crippen LogP contribution in [0.1, 0.15) is 30.9 Å². The molecule has 0 spiro atoms. The Morgan fingerprint density at radius 3 is 2.84 bits per heavy atom. The van der Waals surface area contributed by atoms with Crippen LogP contribution in [0.25, 0.3) is 11.0 Å². The van der Waals surface area contributed by atoms with E-state index in [1.54, 1.807) is 6.26 Å². The molecule has 1 aromatic heterocycles. The maximum atomic E-state index is 8.74. The summed E-state index contributed by atoms with van der Waals surface area (Å²) in [5.41, 5.74) is 7.88. The summed E-state index contributed by atoms with van der Waals surface area (Å²) in [4.78, 5) is 0. The number of furan rings is 1. The van der Waals surface area contributed by atoms with Crippen LogP contribution in [0.4, 0.5) is 0 Å². The Bertz CT molecular complexity index is 496. The molecular weight excluding hydrogens is 240 g/mol. The smallest absolute Gasteiger partial charge is 0.134 e. The summed E-state index contributed by atoms with van der Waals surface area (Å²) < 4.78 is 5.55. The molecule has 104 valence electrons. The van der Waals surface area contributed by atoms with Gasteiger partial charge in [0.2, 0.25) is 0 Å². The highest BCUT2D eigenvalue weighted by atomic mass is 16.3. The molecule has 0 saturated heterocycles. The number of nitrogens with one attached hydrogen (secondary N) is 1. The van der Waals surface area contributed by atoms with Gasteiger partial charge in [0, 0.05) is 30.1 Å². The highest BCUT2D eigenvalue weighted by Gasteiger charge is 2.14. The van der Waals surface area contributed by atoms with E-state index < -0.39 is 0 Å². The van der Waals surface area contributed by atoms with Crippen LogP contribution in [0.5, 0.6) is 0 Å². The number of nitrogens with two attached hydrogens (primary N) is 1. The summed E-state index contributed by atoms with van der Waals surface area (Å²) in [5, 5.41) is 13.3. The van der Waals surface area contributed by atoms with Gasteiger partial charge in [-0.2, -0.15) is 0 Å². The van der Waals surface area contributed by atoms with Gasteiger partial charge in [0.25, 0.3) is 0 Å². The van der Waals surface area contributed by atoms with Crippen molar-refractivity contribution in [3.8, 4) is 0 Å². The van der Waals surface area contributed by atoms with E-state index in [0.29, 0.717) is 6.54 Å².